The highest BCUT2D eigenvalue weighted by atomic mass is 15.2. The molecule has 4 heteroatoms. The largest absolute Gasteiger partial charge is 0.362 e. The third kappa shape index (κ3) is 1.38. The highest BCUT2D eigenvalue weighted by Crippen LogP contribution is 2.32. The standard InChI is InChI=1S/C14H16N4/c1-9-15-13(17(2)3)12-10-7-5-6-8-11(10)18(4)14(12)16-9/h5-8H,1-4H3. The van der Waals surface area contributed by atoms with Crippen LogP contribution in [-0.4, -0.2) is 28.6 Å². The zero-order chi connectivity index (χ0) is 12.9. The summed E-state index contributed by atoms with van der Waals surface area (Å²) in [5, 5.41) is 2.34. The molecule has 0 amide bonds. The van der Waals surface area contributed by atoms with E-state index in [1.807, 2.05) is 25.9 Å². The summed E-state index contributed by atoms with van der Waals surface area (Å²) in [5.74, 6) is 1.78. The highest BCUT2D eigenvalue weighted by Gasteiger charge is 2.15. The van der Waals surface area contributed by atoms with Gasteiger partial charge in [-0.05, 0) is 13.0 Å². The van der Waals surface area contributed by atoms with E-state index in [2.05, 4.69) is 45.8 Å². The summed E-state index contributed by atoms with van der Waals surface area (Å²) in [7, 11) is 6.09. The molecule has 0 radical (unpaired) electrons. The van der Waals surface area contributed by atoms with Crippen molar-refractivity contribution < 1.29 is 0 Å². The van der Waals surface area contributed by atoms with E-state index in [9.17, 15) is 0 Å². The molecule has 92 valence electrons. The quantitative estimate of drug-likeness (QED) is 0.655. The normalized spacial score (nSPS) is 11.3. The van der Waals surface area contributed by atoms with Crippen LogP contribution in [0.25, 0.3) is 21.9 Å². The third-order valence-electron chi connectivity index (χ3n) is 3.26. The van der Waals surface area contributed by atoms with Crippen molar-refractivity contribution >= 4 is 27.8 Å². The number of para-hydroxylation sites is 1. The van der Waals surface area contributed by atoms with E-state index in [4.69, 9.17) is 0 Å². The van der Waals surface area contributed by atoms with Crippen molar-refractivity contribution in [2.45, 2.75) is 6.92 Å². The summed E-state index contributed by atoms with van der Waals surface area (Å²) < 4.78 is 2.13. The summed E-state index contributed by atoms with van der Waals surface area (Å²) >= 11 is 0. The van der Waals surface area contributed by atoms with Crippen LogP contribution >= 0.6 is 0 Å². The van der Waals surface area contributed by atoms with Crippen molar-refractivity contribution in [3.8, 4) is 0 Å². The molecule has 1 aromatic carbocycles. The minimum atomic E-state index is 0.803. The van der Waals surface area contributed by atoms with Crippen LogP contribution in [-0.2, 0) is 7.05 Å². The summed E-state index contributed by atoms with van der Waals surface area (Å²) in [6.45, 7) is 1.93. The van der Waals surface area contributed by atoms with Gasteiger partial charge in [0.2, 0.25) is 0 Å². The SMILES string of the molecule is Cc1nc(N(C)C)c2c3ccccc3n(C)c2n1. The van der Waals surface area contributed by atoms with Crippen LogP contribution in [0.2, 0.25) is 0 Å². The van der Waals surface area contributed by atoms with Gasteiger partial charge in [-0.3, -0.25) is 0 Å². The molecule has 0 aliphatic rings. The maximum absolute atomic E-state index is 4.58. The molecule has 18 heavy (non-hydrogen) atoms. The van der Waals surface area contributed by atoms with E-state index in [1.54, 1.807) is 0 Å². The van der Waals surface area contributed by atoms with Gasteiger partial charge in [-0.1, -0.05) is 18.2 Å². The number of hydrogen-bond acceptors (Lipinski definition) is 3. The van der Waals surface area contributed by atoms with Crippen LogP contribution in [0.4, 0.5) is 5.82 Å². The van der Waals surface area contributed by atoms with Crippen LogP contribution in [0.3, 0.4) is 0 Å². The van der Waals surface area contributed by atoms with Gasteiger partial charge in [-0.15, -0.1) is 0 Å². The second-order valence-corrected chi connectivity index (χ2v) is 4.76. The first kappa shape index (κ1) is 11.0. The highest BCUT2D eigenvalue weighted by molar-refractivity contribution is 6.11. The van der Waals surface area contributed by atoms with Crippen molar-refractivity contribution in [3.05, 3.63) is 30.1 Å². The Bertz CT molecular complexity index is 740. The average molecular weight is 240 g/mol. The fraction of sp³-hybridized carbons (Fsp3) is 0.286. The number of fused-ring (bicyclic) bond motifs is 3. The molecule has 0 unspecified atom stereocenters. The van der Waals surface area contributed by atoms with E-state index >= 15 is 0 Å². The lowest BCUT2D eigenvalue weighted by atomic mass is 10.2. The van der Waals surface area contributed by atoms with Crippen LogP contribution in [0.5, 0.6) is 0 Å². The number of aryl methyl sites for hydroxylation is 2. The lowest BCUT2D eigenvalue weighted by Crippen LogP contribution is -2.12. The smallest absolute Gasteiger partial charge is 0.146 e. The zero-order valence-electron chi connectivity index (χ0n) is 11.1. The Hall–Kier alpha value is -2.10. The molecule has 0 spiro atoms. The molecule has 0 atom stereocenters. The van der Waals surface area contributed by atoms with E-state index in [-0.39, 0.29) is 0 Å². The lowest BCUT2D eigenvalue weighted by molar-refractivity contribution is 0.952. The second-order valence-electron chi connectivity index (χ2n) is 4.76. The molecule has 0 saturated heterocycles. The number of hydrogen-bond donors (Lipinski definition) is 0. The van der Waals surface area contributed by atoms with Gasteiger partial charge in [0.05, 0.1) is 10.9 Å². The third-order valence-corrected chi connectivity index (χ3v) is 3.26. The van der Waals surface area contributed by atoms with Crippen molar-refractivity contribution in [3.63, 3.8) is 0 Å². The maximum atomic E-state index is 4.58. The monoisotopic (exact) mass is 240 g/mol. The molecule has 0 bridgehead atoms. The van der Waals surface area contributed by atoms with Crippen LogP contribution < -0.4 is 4.90 Å². The van der Waals surface area contributed by atoms with Crippen molar-refractivity contribution in [1.29, 1.82) is 0 Å². The van der Waals surface area contributed by atoms with Gasteiger partial charge in [0.15, 0.2) is 0 Å². The number of nitrogens with zero attached hydrogens (tertiary/aromatic N) is 4. The summed E-state index contributed by atoms with van der Waals surface area (Å²) in [5.41, 5.74) is 2.18. The van der Waals surface area contributed by atoms with Crippen molar-refractivity contribution in [2.24, 2.45) is 7.05 Å². The van der Waals surface area contributed by atoms with Gasteiger partial charge in [0.1, 0.15) is 17.3 Å². The summed E-state index contributed by atoms with van der Waals surface area (Å²) in [4.78, 5) is 11.2. The minimum Gasteiger partial charge on any atom is -0.362 e. The van der Waals surface area contributed by atoms with Gasteiger partial charge < -0.3 is 9.47 Å². The Balaban J connectivity index is 2.60. The molecule has 3 rings (SSSR count). The molecule has 0 N–H and O–H groups in total. The number of rotatable bonds is 1. The fourth-order valence-electron chi connectivity index (χ4n) is 2.44. The molecule has 2 heterocycles. The minimum absolute atomic E-state index is 0.803. The van der Waals surface area contributed by atoms with Crippen LogP contribution in [0.15, 0.2) is 24.3 Å². The molecule has 2 aromatic heterocycles. The Morgan fingerprint density at radius 2 is 1.83 bits per heavy atom. The first-order chi connectivity index (χ1) is 8.59. The lowest BCUT2D eigenvalue weighted by Gasteiger charge is -2.13. The first-order valence-electron chi connectivity index (χ1n) is 5.98. The van der Waals surface area contributed by atoms with Gasteiger partial charge >= 0.3 is 0 Å². The summed E-state index contributed by atoms with van der Waals surface area (Å²) in [6.07, 6.45) is 0. The number of benzene rings is 1. The molecule has 0 aliphatic heterocycles. The molecule has 0 aliphatic carbocycles. The molecular weight excluding hydrogens is 224 g/mol. The first-order valence-corrected chi connectivity index (χ1v) is 5.98. The van der Waals surface area contributed by atoms with Gasteiger partial charge in [0.25, 0.3) is 0 Å². The predicted octanol–water partition coefficient (Wildman–Crippen LogP) is 2.50. The Morgan fingerprint density at radius 3 is 2.56 bits per heavy atom. The molecule has 0 fully saturated rings. The maximum Gasteiger partial charge on any atom is 0.146 e. The fourth-order valence-corrected chi connectivity index (χ4v) is 2.44. The van der Waals surface area contributed by atoms with Gasteiger partial charge in [-0.25, -0.2) is 9.97 Å². The van der Waals surface area contributed by atoms with Crippen LogP contribution in [0.1, 0.15) is 5.82 Å². The van der Waals surface area contributed by atoms with E-state index in [0.717, 1.165) is 22.7 Å². The van der Waals surface area contributed by atoms with Gasteiger partial charge in [0, 0.05) is 26.5 Å². The van der Waals surface area contributed by atoms with E-state index in [1.165, 1.54) is 10.9 Å². The number of anilines is 1. The topological polar surface area (TPSA) is 34.0 Å². The number of aromatic nitrogens is 3. The molecule has 0 saturated carbocycles. The molecule has 4 nitrogen and oxygen atoms in total. The van der Waals surface area contributed by atoms with Crippen LogP contribution in [0, 0.1) is 6.92 Å². The average Bonchev–Trinajstić information content (AvgIpc) is 2.63. The van der Waals surface area contributed by atoms with Crippen molar-refractivity contribution in [1.82, 2.24) is 14.5 Å². The Morgan fingerprint density at radius 1 is 1.11 bits per heavy atom. The summed E-state index contributed by atoms with van der Waals surface area (Å²) in [6, 6.07) is 8.35. The van der Waals surface area contributed by atoms with Gasteiger partial charge in [-0.2, -0.15) is 0 Å². The Labute approximate surface area is 106 Å². The second kappa shape index (κ2) is 3.70. The van der Waals surface area contributed by atoms with E-state index in [0.29, 0.717) is 0 Å². The predicted molar refractivity (Wildman–Crippen MR) is 75.1 cm³/mol. The van der Waals surface area contributed by atoms with E-state index < -0.39 is 0 Å². The Kier molecular flexibility index (Phi) is 2.26. The zero-order valence-corrected chi connectivity index (χ0v) is 11.1. The molecular formula is C14H16N4. The van der Waals surface area contributed by atoms with Crippen molar-refractivity contribution in [2.75, 3.05) is 19.0 Å². The molecule has 3 aromatic rings.